The lowest BCUT2D eigenvalue weighted by molar-refractivity contribution is -0.139. The molecule has 1 fully saturated rings. The van der Waals surface area contributed by atoms with Crippen LogP contribution in [-0.4, -0.2) is 59.9 Å². The zero-order valence-corrected chi connectivity index (χ0v) is 23.1. The molecule has 0 saturated carbocycles. The lowest BCUT2D eigenvalue weighted by Crippen LogP contribution is -2.43. The van der Waals surface area contributed by atoms with Gasteiger partial charge in [-0.3, -0.25) is 9.59 Å². The summed E-state index contributed by atoms with van der Waals surface area (Å²) < 4.78 is 47.1. The fraction of sp³-hybridized carbons (Fsp3) is 0.379. The van der Waals surface area contributed by atoms with Crippen LogP contribution in [0.3, 0.4) is 0 Å². The number of nitrogens with one attached hydrogen (secondary N) is 3. The first-order valence-corrected chi connectivity index (χ1v) is 13.4. The first-order chi connectivity index (χ1) is 19.6. The number of aryl methyl sites for hydroxylation is 1. The molecular weight excluding hydrogens is 537 g/mol. The number of carbonyl (C=O) groups excluding carboxylic acids is 2. The second-order valence-electron chi connectivity index (χ2n) is 9.87. The summed E-state index contributed by atoms with van der Waals surface area (Å²) in [6.07, 6.45) is -1.89. The zero-order chi connectivity index (χ0) is 29.6. The number of aromatic nitrogens is 2. The number of likely N-dealkylation sites (N-methyl/N-ethyl adjacent to an activating group) is 1. The van der Waals surface area contributed by atoms with Gasteiger partial charge in [0.1, 0.15) is 11.3 Å². The van der Waals surface area contributed by atoms with E-state index in [1.54, 1.807) is 36.4 Å². The van der Waals surface area contributed by atoms with Crippen LogP contribution in [0.1, 0.15) is 46.8 Å². The van der Waals surface area contributed by atoms with E-state index in [9.17, 15) is 22.8 Å². The molecule has 1 aromatic heterocycles. The highest BCUT2D eigenvalue weighted by Gasteiger charge is 2.37. The predicted molar refractivity (Wildman–Crippen MR) is 148 cm³/mol. The summed E-state index contributed by atoms with van der Waals surface area (Å²) in [6, 6.07) is 11.5. The molecule has 218 valence electrons. The van der Waals surface area contributed by atoms with E-state index in [2.05, 4.69) is 37.9 Å². The smallest absolute Gasteiger partial charge is 0.423 e. The molecule has 2 amide bonds. The average molecular weight is 571 g/mol. The summed E-state index contributed by atoms with van der Waals surface area (Å²) in [7, 11) is 3.52. The number of amides is 2. The molecule has 1 saturated heterocycles. The van der Waals surface area contributed by atoms with Crippen LogP contribution in [-0.2, 0) is 23.8 Å². The summed E-state index contributed by atoms with van der Waals surface area (Å²) in [5.41, 5.74) is 1.05. The number of halogens is 3. The molecule has 2 aromatic carbocycles. The van der Waals surface area contributed by atoms with Gasteiger partial charge in [-0.15, -0.1) is 0 Å². The van der Waals surface area contributed by atoms with Gasteiger partial charge in [0.2, 0.25) is 17.7 Å². The lowest BCUT2D eigenvalue weighted by atomic mass is 10.0. The third-order valence-corrected chi connectivity index (χ3v) is 6.92. The normalized spacial score (nSPS) is 14.4. The molecule has 3 N–H and O–H groups in total. The highest BCUT2D eigenvalue weighted by molar-refractivity contribution is 5.95. The van der Waals surface area contributed by atoms with Crippen molar-refractivity contribution in [3.05, 3.63) is 70.9 Å². The summed E-state index contributed by atoms with van der Waals surface area (Å²) >= 11 is 0. The SMILES string of the molecule is CCc1cc(C(=O)NC2CCN(C)CC2)ccc1Nc1ncc(C(F)(F)F)c(Oc2ccccc2CC(=O)NC)n1. The van der Waals surface area contributed by atoms with Crippen LogP contribution in [0.5, 0.6) is 11.6 Å². The van der Waals surface area contributed by atoms with Crippen molar-refractivity contribution < 1.29 is 27.5 Å². The van der Waals surface area contributed by atoms with Gasteiger partial charge < -0.3 is 25.6 Å². The number of nitrogens with zero attached hydrogens (tertiary/aromatic N) is 3. The number of benzene rings is 2. The van der Waals surface area contributed by atoms with Crippen LogP contribution in [0.25, 0.3) is 0 Å². The van der Waals surface area contributed by atoms with E-state index < -0.39 is 17.6 Å². The maximum Gasteiger partial charge on any atom is 0.423 e. The fourth-order valence-corrected chi connectivity index (χ4v) is 4.51. The fourth-order valence-electron chi connectivity index (χ4n) is 4.51. The molecule has 0 bridgehead atoms. The molecule has 0 radical (unpaired) electrons. The third-order valence-electron chi connectivity index (χ3n) is 6.92. The van der Waals surface area contributed by atoms with Gasteiger partial charge >= 0.3 is 6.18 Å². The van der Waals surface area contributed by atoms with E-state index in [4.69, 9.17) is 4.74 Å². The second-order valence-corrected chi connectivity index (χ2v) is 9.87. The Kier molecular flexibility index (Phi) is 9.43. The Hall–Kier alpha value is -4.19. The van der Waals surface area contributed by atoms with Crippen molar-refractivity contribution in [3.8, 4) is 11.6 Å². The van der Waals surface area contributed by atoms with Gasteiger partial charge in [0.05, 0.1) is 6.42 Å². The van der Waals surface area contributed by atoms with Crippen LogP contribution in [0.4, 0.5) is 24.8 Å². The molecule has 0 unspecified atom stereocenters. The minimum atomic E-state index is -4.78. The largest absolute Gasteiger partial charge is 0.438 e. The van der Waals surface area contributed by atoms with E-state index in [0.29, 0.717) is 29.4 Å². The highest BCUT2D eigenvalue weighted by Crippen LogP contribution is 2.38. The Labute approximate surface area is 236 Å². The Bertz CT molecular complexity index is 1390. The van der Waals surface area contributed by atoms with Crippen molar-refractivity contribution in [1.82, 2.24) is 25.5 Å². The first kappa shape index (κ1) is 29.8. The number of hydrogen-bond acceptors (Lipinski definition) is 7. The number of rotatable bonds is 9. The van der Waals surface area contributed by atoms with E-state index >= 15 is 0 Å². The standard InChI is InChI=1S/C29H33F3N6O3/c1-4-18-15-20(26(40)35-21-11-13-38(3)14-12-21)9-10-23(18)36-28-34-17-22(29(30,31)32)27(37-28)41-24-8-6-5-7-19(24)16-25(39)33-2/h5-10,15,17,21H,4,11-14,16H2,1-3H3,(H,33,39)(H,35,40)(H,34,36,37). The molecule has 0 spiro atoms. The van der Waals surface area contributed by atoms with Crippen LogP contribution >= 0.6 is 0 Å². The highest BCUT2D eigenvalue weighted by atomic mass is 19.4. The zero-order valence-electron chi connectivity index (χ0n) is 23.1. The van der Waals surface area contributed by atoms with Crippen molar-refractivity contribution in [2.45, 2.75) is 44.8 Å². The van der Waals surface area contributed by atoms with Crippen LogP contribution < -0.4 is 20.7 Å². The lowest BCUT2D eigenvalue weighted by Gasteiger charge is -2.29. The van der Waals surface area contributed by atoms with Crippen molar-refractivity contribution in [3.63, 3.8) is 0 Å². The number of anilines is 2. The van der Waals surface area contributed by atoms with Crippen molar-refractivity contribution >= 4 is 23.5 Å². The molecule has 9 nitrogen and oxygen atoms in total. The van der Waals surface area contributed by atoms with Gasteiger partial charge in [0.15, 0.2) is 0 Å². The van der Waals surface area contributed by atoms with Gasteiger partial charge in [-0.05, 0) is 69.2 Å². The number of likely N-dealkylation sites (tertiary alicyclic amines) is 1. The predicted octanol–water partition coefficient (Wildman–Crippen LogP) is 4.71. The third kappa shape index (κ3) is 7.72. The maximum atomic E-state index is 13.8. The number of para-hydroxylation sites is 1. The average Bonchev–Trinajstić information content (AvgIpc) is 2.95. The van der Waals surface area contributed by atoms with E-state index in [1.165, 1.54) is 13.1 Å². The molecule has 2 heterocycles. The van der Waals surface area contributed by atoms with Gasteiger partial charge in [-0.25, -0.2) is 4.98 Å². The number of hydrogen-bond donors (Lipinski definition) is 3. The molecule has 41 heavy (non-hydrogen) atoms. The molecule has 4 rings (SSSR count). The van der Waals surface area contributed by atoms with Gasteiger partial charge in [0.25, 0.3) is 5.91 Å². The Morgan fingerprint density at radius 3 is 2.51 bits per heavy atom. The van der Waals surface area contributed by atoms with Gasteiger partial charge in [-0.1, -0.05) is 25.1 Å². The van der Waals surface area contributed by atoms with Crippen LogP contribution in [0.2, 0.25) is 0 Å². The summed E-state index contributed by atoms with van der Waals surface area (Å²) in [4.78, 5) is 34.9. The van der Waals surface area contributed by atoms with Gasteiger partial charge in [0, 0.05) is 36.1 Å². The minimum absolute atomic E-state index is 0.0699. The molecule has 1 aliphatic heterocycles. The Morgan fingerprint density at radius 1 is 1.10 bits per heavy atom. The van der Waals surface area contributed by atoms with E-state index in [1.807, 2.05) is 6.92 Å². The quantitative estimate of drug-likeness (QED) is 0.342. The Balaban J connectivity index is 1.57. The van der Waals surface area contributed by atoms with Crippen LogP contribution in [0, 0.1) is 0 Å². The molecule has 0 atom stereocenters. The molecule has 1 aliphatic rings. The first-order valence-electron chi connectivity index (χ1n) is 13.4. The number of ether oxygens (including phenoxy) is 1. The van der Waals surface area contributed by atoms with E-state index in [0.717, 1.165) is 31.5 Å². The monoisotopic (exact) mass is 570 g/mol. The van der Waals surface area contributed by atoms with Crippen LogP contribution in [0.15, 0.2) is 48.7 Å². The number of alkyl halides is 3. The van der Waals surface area contributed by atoms with E-state index in [-0.39, 0.29) is 36.0 Å². The summed E-state index contributed by atoms with van der Waals surface area (Å²) in [5.74, 6) is -1.24. The second kappa shape index (κ2) is 13.0. The molecule has 0 aliphatic carbocycles. The number of carbonyl (C=O) groups is 2. The molecule has 3 aromatic rings. The molecular formula is C29H33F3N6O3. The summed E-state index contributed by atoms with van der Waals surface area (Å²) in [5, 5.41) is 8.54. The molecule has 12 heteroatoms. The topological polar surface area (TPSA) is 108 Å². The minimum Gasteiger partial charge on any atom is -0.438 e. The van der Waals surface area contributed by atoms with Crippen molar-refractivity contribution in [2.24, 2.45) is 0 Å². The van der Waals surface area contributed by atoms with Crippen molar-refractivity contribution in [2.75, 3.05) is 32.5 Å². The van der Waals surface area contributed by atoms with Gasteiger partial charge in [-0.2, -0.15) is 18.2 Å². The van der Waals surface area contributed by atoms with Crippen molar-refractivity contribution in [1.29, 1.82) is 0 Å². The maximum absolute atomic E-state index is 13.8. The number of piperidine rings is 1. The summed E-state index contributed by atoms with van der Waals surface area (Å²) in [6.45, 7) is 3.75. The Morgan fingerprint density at radius 2 is 1.83 bits per heavy atom.